The fraction of sp³-hybridized carbons (Fsp3) is 0.818. The van der Waals surface area contributed by atoms with Gasteiger partial charge in [0.1, 0.15) is 24.2 Å². The highest BCUT2D eigenvalue weighted by atomic mass is 16.2. The zero-order valence-electron chi connectivity index (χ0n) is 19.7. The van der Waals surface area contributed by atoms with Crippen LogP contribution in [0.5, 0.6) is 0 Å². The molecule has 8 nitrogen and oxygen atoms in total. The Hall–Kier alpha value is -2.12. The van der Waals surface area contributed by atoms with Crippen LogP contribution >= 0.6 is 0 Å². The molecule has 1 aliphatic heterocycles. The smallest absolute Gasteiger partial charge is 0.243 e. The van der Waals surface area contributed by atoms with Gasteiger partial charge in [0.05, 0.1) is 0 Å². The molecule has 0 spiro atoms. The molecule has 8 heteroatoms. The van der Waals surface area contributed by atoms with Crippen molar-refractivity contribution in [3.05, 3.63) is 0 Å². The Kier molecular flexibility index (Phi) is 9.78. The molecule has 172 valence electrons. The number of carbonyl (C=O) groups is 4. The van der Waals surface area contributed by atoms with E-state index in [-0.39, 0.29) is 35.5 Å². The lowest BCUT2D eigenvalue weighted by Crippen LogP contribution is -2.64. The van der Waals surface area contributed by atoms with Gasteiger partial charge >= 0.3 is 0 Å². The second kappa shape index (κ2) is 11.3. The van der Waals surface area contributed by atoms with E-state index in [1.807, 2.05) is 55.4 Å². The van der Waals surface area contributed by atoms with Crippen molar-refractivity contribution in [2.24, 2.45) is 23.7 Å². The second-order valence-electron chi connectivity index (χ2n) is 9.52. The Balaban J connectivity index is 3.38. The van der Waals surface area contributed by atoms with Gasteiger partial charge in [0.2, 0.25) is 23.6 Å². The third kappa shape index (κ3) is 6.99. The topological polar surface area (TPSA) is 116 Å². The molecule has 0 saturated carbocycles. The fourth-order valence-electron chi connectivity index (χ4n) is 3.48. The normalized spacial score (nSPS) is 27.7. The van der Waals surface area contributed by atoms with E-state index in [0.29, 0.717) is 12.8 Å². The van der Waals surface area contributed by atoms with Crippen LogP contribution in [0.25, 0.3) is 0 Å². The van der Waals surface area contributed by atoms with Crippen molar-refractivity contribution >= 4 is 23.6 Å². The summed E-state index contributed by atoms with van der Waals surface area (Å²) < 4.78 is 0. The summed E-state index contributed by atoms with van der Waals surface area (Å²) in [4.78, 5) is 52.0. The van der Waals surface area contributed by atoms with Crippen LogP contribution in [-0.2, 0) is 19.2 Å². The Bertz CT molecular complexity index is 633. The van der Waals surface area contributed by atoms with Crippen LogP contribution < -0.4 is 21.3 Å². The van der Waals surface area contributed by atoms with Gasteiger partial charge in [0.25, 0.3) is 0 Å². The van der Waals surface area contributed by atoms with Crippen LogP contribution in [0.4, 0.5) is 0 Å². The van der Waals surface area contributed by atoms with E-state index in [1.54, 1.807) is 0 Å². The second-order valence-corrected chi connectivity index (χ2v) is 9.52. The maximum atomic E-state index is 13.1. The SMILES string of the molecule is CCC(C)C1NC(=O)C(CC(C)C)NC(=O)C(C(C)C)NC(=O)C(C(C)C)NC1=O. The highest BCUT2D eigenvalue weighted by Gasteiger charge is 2.37. The van der Waals surface area contributed by atoms with E-state index in [9.17, 15) is 19.2 Å². The number of hydrogen-bond donors (Lipinski definition) is 4. The van der Waals surface area contributed by atoms with Crippen molar-refractivity contribution in [1.29, 1.82) is 0 Å². The predicted octanol–water partition coefficient (Wildman–Crippen LogP) is 1.34. The lowest BCUT2D eigenvalue weighted by Gasteiger charge is -2.33. The van der Waals surface area contributed by atoms with Gasteiger partial charge in [0, 0.05) is 0 Å². The maximum Gasteiger partial charge on any atom is 0.243 e. The summed E-state index contributed by atoms with van der Waals surface area (Å²) in [5.41, 5.74) is 0. The van der Waals surface area contributed by atoms with Crippen molar-refractivity contribution < 1.29 is 19.2 Å². The summed E-state index contributed by atoms with van der Waals surface area (Å²) in [7, 11) is 0. The lowest BCUT2D eigenvalue weighted by molar-refractivity contribution is -0.138. The number of rotatable bonds is 6. The first-order chi connectivity index (χ1) is 13.9. The van der Waals surface area contributed by atoms with Crippen LogP contribution in [0.2, 0.25) is 0 Å². The fourth-order valence-corrected chi connectivity index (χ4v) is 3.48. The maximum absolute atomic E-state index is 13.1. The third-order valence-corrected chi connectivity index (χ3v) is 5.63. The summed E-state index contributed by atoms with van der Waals surface area (Å²) in [6, 6.07) is -3.18. The zero-order chi connectivity index (χ0) is 23.2. The molecule has 0 aliphatic carbocycles. The average molecular weight is 425 g/mol. The Morgan fingerprint density at radius 3 is 1.43 bits per heavy atom. The van der Waals surface area contributed by atoms with Gasteiger partial charge in [-0.25, -0.2) is 0 Å². The lowest BCUT2D eigenvalue weighted by atomic mass is 9.94. The van der Waals surface area contributed by atoms with Gasteiger partial charge in [0.15, 0.2) is 0 Å². The molecule has 1 saturated heterocycles. The summed E-state index contributed by atoms with van der Waals surface area (Å²) in [6.45, 7) is 15.1. The first-order valence-corrected chi connectivity index (χ1v) is 11.1. The molecule has 30 heavy (non-hydrogen) atoms. The largest absolute Gasteiger partial charge is 0.343 e. The minimum atomic E-state index is -0.805. The van der Waals surface area contributed by atoms with Gasteiger partial charge in [-0.05, 0) is 30.1 Å². The number of carbonyl (C=O) groups excluding carboxylic acids is 4. The van der Waals surface area contributed by atoms with E-state index >= 15 is 0 Å². The molecular formula is C22H40N4O4. The van der Waals surface area contributed by atoms with Gasteiger partial charge in [-0.1, -0.05) is 61.8 Å². The van der Waals surface area contributed by atoms with Gasteiger partial charge in [-0.2, -0.15) is 0 Å². The molecule has 0 radical (unpaired) electrons. The van der Waals surface area contributed by atoms with E-state index < -0.39 is 36.0 Å². The highest BCUT2D eigenvalue weighted by molar-refractivity contribution is 5.97. The van der Waals surface area contributed by atoms with Crippen molar-refractivity contribution in [3.63, 3.8) is 0 Å². The molecule has 1 heterocycles. The monoisotopic (exact) mass is 424 g/mol. The van der Waals surface area contributed by atoms with E-state index in [2.05, 4.69) is 21.3 Å². The van der Waals surface area contributed by atoms with Gasteiger partial charge in [-0.15, -0.1) is 0 Å². The molecule has 0 aromatic heterocycles. The summed E-state index contributed by atoms with van der Waals surface area (Å²) in [6.07, 6.45) is 1.10. The molecule has 4 amide bonds. The number of amides is 4. The Labute approximate surface area is 180 Å². The first kappa shape index (κ1) is 25.9. The van der Waals surface area contributed by atoms with Crippen molar-refractivity contribution in [1.82, 2.24) is 21.3 Å². The van der Waals surface area contributed by atoms with Gasteiger partial charge in [-0.3, -0.25) is 19.2 Å². The summed E-state index contributed by atoms with van der Waals surface area (Å²) in [5.74, 6) is -1.91. The van der Waals surface area contributed by atoms with Crippen LogP contribution in [0, 0.1) is 23.7 Å². The molecule has 0 aromatic carbocycles. The Morgan fingerprint density at radius 1 is 0.633 bits per heavy atom. The van der Waals surface area contributed by atoms with Crippen molar-refractivity contribution in [2.45, 2.75) is 92.4 Å². The van der Waals surface area contributed by atoms with E-state index in [4.69, 9.17) is 0 Å². The van der Waals surface area contributed by atoms with E-state index in [0.717, 1.165) is 0 Å². The van der Waals surface area contributed by atoms with Crippen LogP contribution in [0.15, 0.2) is 0 Å². The quantitative estimate of drug-likeness (QED) is 0.515. The minimum Gasteiger partial charge on any atom is -0.343 e. The molecule has 4 N–H and O–H groups in total. The minimum absolute atomic E-state index is 0.133. The number of nitrogens with one attached hydrogen (secondary N) is 4. The van der Waals surface area contributed by atoms with Crippen molar-refractivity contribution in [2.75, 3.05) is 0 Å². The molecule has 1 rings (SSSR count). The van der Waals surface area contributed by atoms with Crippen molar-refractivity contribution in [3.8, 4) is 0 Å². The van der Waals surface area contributed by atoms with Gasteiger partial charge < -0.3 is 21.3 Å². The summed E-state index contributed by atoms with van der Waals surface area (Å²) in [5, 5.41) is 11.2. The molecule has 0 bridgehead atoms. The number of hydrogen-bond acceptors (Lipinski definition) is 4. The zero-order valence-corrected chi connectivity index (χ0v) is 19.7. The average Bonchev–Trinajstić information content (AvgIpc) is 2.64. The van der Waals surface area contributed by atoms with Crippen LogP contribution in [0.3, 0.4) is 0 Å². The predicted molar refractivity (Wildman–Crippen MR) is 116 cm³/mol. The highest BCUT2D eigenvalue weighted by Crippen LogP contribution is 2.14. The van der Waals surface area contributed by atoms with Crippen LogP contribution in [-0.4, -0.2) is 47.8 Å². The molecule has 0 aromatic rings. The standard InChI is InChI=1S/C22H40N4O4/c1-9-14(8)18-22(30)25-17(13(6)7)21(29)24-16(12(4)5)20(28)23-15(10-11(2)3)19(27)26-18/h11-18H,9-10H2,1-8H3,(H,23,28)(H,24,29)(H,25,30)(H,26,27). The Morgan fingerprint density at radius 2 is 1.03 bits per heavy atom. The third-order valence-electron chi connectivity index (χ3n) is 5.63. The first-order valence-electron chi connectivity index (χ1n) is 11.1. The molecular weight excluding hydrogens is 384 g/mol. The molecule has 1 fully saturated rings. The molecule has 5 atom stereocenters. The van der Waals surface area contributed by atoms with E-state index in [1.165, 1.54) is 0 Å². The summed E-state index contributed by atoms with van der Waals surface area (Å²) >= 11 is 0. The molecule has 5 unspecified atom stereocenters. The van der Waals surface area contributed by atoms with Crippen LogP contribution in [0.1, 0.15) is 68.2 Å². The molecule has 1 aliphatic rings.